The Hall–Kier alpha value is -0.835. The molecule has 24 heavy (non-hydrogen) atoms. The molecule has 3 unspecified atom stereocenters. The summed E-state index contributed by atoms with van der Waals surface area (Å²) in [7, 11) is -0.337. The van der Waals surface area contributed by atoms with Crippen LogP contribution in [-0.2, 0) is 15.7 Å². The third-order valence-corrected chi connectivity index (χ3v) is 5.49. The van der Waals surface area contributed by atoms with Crippen LogP contribution in [0.25, 0.3) is 0 Å². The number of rotatable bonds is 6. The maximum atomic E-state index is 6.52. The molecule has 0 saturated carbocycles. The highest BCUT2D eigenvalue weighted by Crippen LogP contribution is 2.46. The first-order valence-electron chi connectivity index (χ1n) is 9.35. The van der Waals surface area contributed by atoms with Crippen molar-refractivity contribution in [2.45, 2.75) is 78.5 Å². The molecule has 1 aliphatic rings. The second kappa shape index (κ2) is 7.59. The largest absolute Gasteiger partial charge is 0.475 e. The topological polar surface area (TPSA) is 44.5 Å². The van der Waals surface area contributed by atoms with Crippen LogP contribution in [0, 0.1) is 11.3 Å². The number of hydrogen-bond donors (Lipinski definition) is 1. The predicted molar refractivity (Wildman–Crippen MR) is 102 cm³/mol. The van der Waals surface area contributed by atoms with Gasteiger partial charge in [-0.1, -0.05) is 71.4 Å². The summed E-state index contributed by atoms with van der Waals surface area (Å²) in [6.45, 7) is 13.5. The molecule has 1 heterocycles. The second-order valence-electron chi connectivity index (χ2n) is 8.38. The predicted octanol–water partition coefficient (Wildman–Crippen LogP) is 4.24. The van der Waals surface area contributed by atoms with Crippen molar-refractivity contribution in [2.24, 2.45) is 17.1 Å². The summed E-state index contributed by atoms with van der Waals surface area (Å²) in [5.41, 5.74) is 7.55. The van der Waals surface area contributed by atoms with Gasteiger partial charge in [-0.3, -0.25) is 0 Å². The lowest BCUT2D eigenvalue weighted by atomic mass is 9.67. The summed E-state index contributed by atoms with van der Waals surface area (Å²) in [4.78, 5) is 0. The highest BCUT2D eigenvalue weighted by Gasteiger charge is 2.55. The fourth-order valence-electron chi connectivity index (χ4n) is 4.51. The van der Waals surface area contributed by atoms with Crippen LogP contribution in [0.3, 0.4) is 0 Å². The minimum atomic E-state index is -0.337. The van der Waals surface area contributed by atoms with Crippen molar-refractivity contribution in [1.29, 1.82) is 0 Å². The van der Waals surface area contributed by atoms with E-state index in [-0.39, 0.29) is 30.2 Å². The van der Waals surface area contributed by atoms with Gasteiger partial charge in [0.05, 0.1) is 11.7 Å². The van der Waals surface area contributed by atoms with E-state index in [9.17, 15) is 0 Å². The van der Waals surface area contributed by atoms with Crippen LogP contribution >= 0.6 is 0 Å². The maximum absolute atomic E-state index is 6.52. The fourth-order valence-corrected chi connectivity index (χ4v) is 4.51. The van der Waals surface area contributed by atoms with E-state index in [2.05, 4.69) is 53.7 Å². The second-order valence-corrected chi connectivity index (χ2v) is 8.38. The van der Waals surface area contributed by atoms with Crippen LogP contribution in [-0.4, -0.2) is 24.8 Å². The molecule has 1 fully saturated rings. The summed E-state index contributed by atoms with van der Waals surface area (Å²) in [5.74, 6) is 0.268. The Morgan fingerprint density at radius 3 is 2.33 bits per heavy atom. The molecule has 0 bridgehead atoms. The lowest BCUT2D eigenvalue weighted by Crippen LogP contribution is -2.50. The third kappa shape index (κ3) is 4.04. The van der Waals surface area contributed by atoms with Crippen molar-refractivity contribution < 1.29 is 9.31 Å². The number of benzene rings is 1. The summed E-state index contributed by atoms with van der Waals surface area (Å²) in [5, 5.41) is 0. The van der Waals surface area contributed by atoms with Gasteiger partial charge in [-0.2, -0.15) is 0 Å². The molecule has 2 rings (SSSR count). The van der Waals surface area contributed by atoms with Crippen LogP contribution in [0.15, 0.2) is 30.3 Å². The Kier molecular flexibility index (Phi) is 6.16. The van der Waals surface area contributed by atoms with Crippen LogP contribution in [0.2, 0.25) is 0 Å². The van der Waals surface area contributed by atoms with Gasteiger partial charge in [0.1, 0.15) is 0 Å². The van der Waals surface area contributed by atoms with Gasteiger partial charge in [0.15, 0.2) is 0 Å². The maximum Gasteiger partial charge on any atom is 0.475 e. The molecule has 4 heteroatoms. The van der Waals surface area contributed by atoms with Crippen molar-refractivity contribution >= 4 is 7.12 Å². The minimum absolute atomic E-state index is 0.0912. The third-order valence-electron chi connectivity index (χ3n) is 5.49. The molecule has 0 aromatic heterocycles. The average Bonchev–Trinajstić information content (AvgIpc) is 2.85. The van der Waals surface area contributed by atoms with E-state index in [1.54, 1.807) is 0 Å². The van der Waals surface area contributed by atoms with Crippen molar-refractivity contribution in [3.05, 3.63) is 35.9 Å². The summed E-state index contributed by atoms with van der Waals surface area (Å²) in [6, 6.07) is 10.3. The standard InChI is InChI=1S/C20H34BNO2/c1-7-16(19(3,4)5)20(6)17(8-2)23-21(24-20)18(22)14-15-12-10-9-11-13-15/h9-13,16-18H,7-8,14,22H2,1-6H3/t16?,17?,18?,20-/m0/s1. The Balaban J connectivity index is 2.15. The number of nitrogens with two attached hydrogens (primary N) is 1. The quantitative estimate of drug-likeness (QED) is 0.793. The zero-order valence-corrected chi connectivity index (χ0v) is 16.2. The van der Waals surface area contributed by atoms with Crippen LogP contribution < -0.4 is 5.73 Å². The molecule has 0 aliphatic carbocycles. The van der Waals surface area contributed by atoms with Crippen LogP contribution in [0.4, 0.5) is 0 Å². The lowest BCUT2D eigenvalue weighted by molar-refractivity contribution is -0.0505. The van der Waals surface area contributed by atoms with E-state index in [0.29, 0.717) is 5.92 Å². The molecule has 2 N–H and O–H groups in total. The molecule has 4 atom stereocenters. The molecule has 1 aromatic rings. The van der Waals surface area contributed by atoms with Crippen molar-refractivity contribution in [3.8, 4) is 0 Å². The zero-order chi connectivity index (χ0) is 18.0. The van der Waals surface area contributed by atoms with E-state index in [0.717, 1.165) is 19.3 Å². The summed E-state index contributed by atoms with van der Waals surface area (Å²) in [6.07, 6.45) is 2.87. The smallest absolute Gasteiger partial charge is 0.404 e. The van der Waals surface area contributed by atoms with E-state index in [1.165, 1.54) is 5.56 Å². The Labute approximate surface area is 148 Å². The lowest BCUT2D eigenvalue weighted by Gasteiger charge is -2.44. The van der Waals surface area contributed by atoms with Crippen molar-refractivity contribution in [1.82, 2.24) is 0 Å². The van der Waals surface area contributed by atoms with Gasteiger partial charge in [-0.25, -0.2) is 0 Å². The fraction of sp³-hybridized carbons (Fsp3) is 0.700. The van der Waals surface area contributed by atoms with Gasteiger partial charge in [0, 0.05) is 5.94 Å². The summed E-state index contributed by atoms with van der Waals surface area (Å²) >= 11 is 0. The van der Waals surface area contributed by atoms with E-state index in [4.69, 9.17) is 15.0 Å². The Bertz CT molecular complexity index is 516. The molecule has 1 aliphatic heterocycles. The molecule has 1 saturated heterocycles. The monoisotopic (exact) mass is 331 g/mol. The molecule has 134 valence electrons. The summed E-state index contributed by atoms with van der Waals surface area (Å²) < 4.78 is 12.8. The minimum Gasteiger partial charge on any atom is -0.404 e. The molecule has 3 nitrogen and oxygen atoms in total. The van der Waals surface area contributed by atoms with Crippen molar-refractivity contribution in [3.63, 3.8) is 0 Å². The molecule has 0 radical (unpaired) electrons. The molecular formula is C20H34BNO2. The Morgan fingerprint density at radius 2 is 1.83 bits per heavy atom. The van der Waals surface area contributed by atoms with Gasteiger partial charge < -0.3 is 15.0 Å². The van der Waals surface area contributed by atoms with Gasteiger partial charge >= 0.3 is 7.12 Å². The van der Waals surface area contributed by atoms with E-state index < -0.39 is 0 Å². The van der Waals surface area contributed by atoms with E-state index >= 15 is 0 Å². The SMILES string of the molecule is CCC1OB(C(N)Cc2ccccc2)O[C@@]1(C)C(CC)C(C)(C)C. The first-order valence-corrected chi connectivity index (χ1v) is 9.35. The molecule has 1 aromatic carbocycles. The van der Waals surface area contributed by atoms with Gasteiger partial charge in [-0.15, -0.1) is 0 Å². The zero-order valence-electron chi connectivity index (χ0n) is 16.2. The first-order chi connectivity index (χ1) is 11.2. The molecule has 0 spiro atoms. The average molecular weight is 331 g/mol. The van der Waals surface area contributed by atoms with Crippen LogP contribution in [0.1, 0.15) is 59.9 Å². The molecule has 0 amide bonds. The van der Waals surface area contributed by atoms with Crippen LogP contribution in [0.5, 0.6) is 0 Å². The normalized spacial score (nSPS) is 27.3. The van der Waals surface area contributed by atoms with Gasteiger partial charge in [0.2, 0.25) is 0 Å². The highest BCUT2D eigenvalue weighted by molar-refractivity contribution is 6.47. The first kappa shape index (κ1) is 19.5. The van der Waals surface area contributed by atoms with E-state index in [1.807, 2.05) is 18.2 Å². The van der Waals surface area contributed by atoms with Gasteiger partial charge in [0.25, 0.3) is 0 Å². The van der Waals surface area contributed by atoms with Crippen molar-refractivity contribution in [2.75, 3.05) is 0 Å². The molecular weight excluding hydrogens is 297 g/mol. The van der Waals surface area contributed by atoms with Gasteiger partial charge in [-0.05, 0) is 36.7 Å². The highest BCUT2D eigenvalue weighted by atomic mass is 16.7. The number of hydrogen-bond acceptors (Lipinski definition) is 3. The Morgan fingerprint density at radius 1 is 1.21 bits per heavy atom.